The summed E-state index contributed by atoms with van der Waals surface area (Å²) in [5, 5.41) is 3.57. The molecule has 2 atom stereocenters. The number of carbonyl (C=O) groups excluding carboxylic acids is 1. The highest BCUT2D eigenvalue weighted by Gasteiger charge is 2.25. The van der Waals surface area contributed by atoms with E-state index < -0.39 is 9.84 Å². The lowest BCUT2D eigenvalue weighted by atomic mass is 9.86. The summed E-state index contributed by atoms with van der Waals surface area (Å²) in [4.78, 5) is 12.4. The zero-order valence-electron chi connectivity index (χ0n) is 15.3. The largest absolute Gasteiger partial charge is 0.455 e. The lowest BCUT2D eigenvalue weighted by Gasteiger charge is -2.29. The molecule has 0 spiro atoms. The molecular weight excluding hydrogens is 386 g/mol. The maximum Gasteiger partial charge on any atom is 0.287 e. The number of rotatable bonds is 6. The molecule has 1 amide bonds. The average molecular weight is 410 g/mol. The number of hydrogen-bond donors (Lipinski definition) is 1. The van der Waals surface area contributed by atoms with E-state index in [1.807, 2.05) is 0 Å². The maximum absolute atomic E-state index is 12.4. The molecular formula is C20H24ClNO4S. The molecule has 1 fully saturated rings. The van der Waals surface area contributed by atoms with Gasteiger partial charge in [0.05, 0.1) is 5.75 Å². The van der Waals surface area contributed by atoms with Crippen LogP contribution in [0.25, 0.3) is 0 Å². The highest BCUT2D eigenvalue weighted by Crippen LogP contribution is 2.24. The van der Waals surface area contributed by atoms with E-state index in [9.17, 15) is 13.2 Å². The number of hydrogen-bond acceptors (Lipinski definition) is 4. The minimum absolute atomic E-state index is 0.105. The summed E-state index contributed by atoms with van der Waals surface area (Å²) in [5.41, 5.74) is 0.662. The van der Waals surface area contributed by atoms with Crippen molar-refractivity contribution in [3.8, 4) is 0 Å². The number of benzene rings is 1. The van der Waals surface area contributed by atoms with Crippen molar-refractivity contribution < 1.29 is 17.6 Å². The highest BCUT2D eigenvalue weighted by molar-refractivity contribution is 7.89. The quantitative estimate of drug-likeness (QED) is 0.769. The average Bonchev–Trinajstić information content (AvgIpc) is 3.06. The first-order valence-corrected chi connectivity index (χ1v) is 11.4. The van der Waals surface area contributed by atoms with Gasteiger partial charge in [-0.15, -0.1) is 0 Å². The van der Waals surface area contributed by atoms with Crippen LogP contribution < -0.4 is 5.32 Å². The Morgan fingerprint density at radius 1 is 1.11 bits per heavy atom. The smallest absolute Gasteiger partial charge is 0.287 e. The Morgan fingerprint density at radius 3 is 2.52 bits per heavy atom. The summed E-state index contributed by atoms with van der Waals surface area (Å²) >= 11 is 5.82. The Hall–Kier alpha value is -1.79. The molecule has 146 valence electrons. The van der Waals surface area contributed by atoms with Gasteiger partial charge in [0.1, 0.15) is 11.5 Å². The van der Waals surface area contributed by atoms with Gasteiger partial charge in [-0.2, -0.15) is 0 Å². The van der Waals surface area contributed by atoms with Gasteiger partial charge >= 0.3 is 0 Å². The third kappa shape index (κ3) is 5.59. The molecule has 2 aromatic rings. The lowest BCUT2D eigenvalue weighted by molar-refractivity contribution is 0.0880. The van der Waals surface area contributed by atoms with Crippen molar-refractivity contribution in [2.24, 2.45) is 5.92 Å². The Kier molecular flexibility index (Phi) is 6.27. The van der Waals surface area contributed by atoms with Crippen molar-refractivity contribution in [2.75, 3.05) is 0 Å². The van der Waals surface area contributed by atoms with Gasteiger partial charge in [-0.05, 0) is 48.6 Å². The summed E-state index contributed by atoms with van der Waals surface area (Å²) in [5.74, 6) is 0.233. The van der Waals surface area contributed by atoms with E-state index in [1.54, 1.807) is 30.3 Å². The molecule has 7 heteroatoms. The van der Waals surface area contributed by atoms with Crippen LogP contribution in [-0.2, 0) is 21.3 Å². The van der Waals surface area contributed by atoms with E-state index in [0.29, 0.717) is 16.5 Å². The summed E-state index contributed by atoms with van der Waals surface area (Å²) in [7, 11) is -3.42. The maximum atomic E-state index is 12.4. The number of furan rings is 1. The minimum Gasteiger partial charge on any atom is -0.455 e. The second-order valence-electron chi connectivity index (χ2n) is 7.27. The van der Waals surface area contributed by atoms with E-state index in [-0.39, 0.29) is 35.0 Å². The van der Waals surface area contributed by atoms with E-state index in [2.05, 4.69) is 12.2 Å². The fraction of sp³-hybridized carbons (Fsp3) is 0.450. The van der Waals surface area contributed by atoms with Crippen LogP contribution in [0.3, 0.4) is 0 Å². The summed E-state index contributed by atoms with van der Waals surface area (Å²) < 4.78 is 30.3. The monoisotopic (exact) mass is 409 g/mol. The molecule has 1 aromatic carbocycles. The van der Waals surface area contributed by atoms with Crippen molar-refractivity contribution in [1.82, 2.24) is 5.32 Å². The van der Waals surface area contributed by atoms with Gasteiger partial charge in [0.2, 0.25) is 0 Å². The van der Waals surface area contributed by atoms with Crippen LogP contribution >= 0.6 is 11.6 Å². The van der Waals surface area contributed by atoms with Crippen LogP contribution in [0.2, 0.25) is 5.02 Å². The van der Waals surface area contributed by atoms with Crippen molar-refractivity contribution >= 4 is 27.3 Å². The molecule has 0 radical (unpaired) electrons. The molecule has 1 aliphatic carbocycles. The van der Waals surface area contributed by atoms with Crippen LogP contribution in [-0.4, -0.2) is 20.4 Å². The van der Waals surface area contributed by atoms with Gasteiger partial charge in [0.15, 0.2) is 15.6 Å². The molecule has 27 heavy (non-hydrogen) atoms. The normalized spacial score (nSPS) is 20.4. The molecule has 0 unspecified atom stereocenters. The van der Waals surface area contributed by atoms with Gasteiger partial charge in [0, 0.05) is 11.1 Å². The first-order chi connectivity index (χ1) is 12.8. The predicted molar refractivity (Wildman–Crippen MR) is 105 cm³/mol. The van der Waals surface area contributed by atoms with Crippen LogP contribution in [0, 0.1) is 5.92 Å². The number of carbonyl (C=O) groups is 1. The van der Waals surface area contributed by atoms with Crippen molar-refractivity contribution in [2.45, 2.75) is 50.2 Å². The molecule has 3 rings (SSSR count). The fourth-order valence-corrected chi connectivity index (χ4v) is 4.97. The Labute approximate surface area is 165 Å². The Morgan fingerprint density at radius 2 is 1.81 bits per heavy atom. The Bertz CT molecular complexity index is 889. The minimum atomic E-state index is -3.42. The third-order valence-corrected chi connectivity index (χ3v) is 6.72. The number of sulfone groups is 1. The second kappa shape index (κ2) is 8.48. The SMILES string of the molecule is C[C@@H]1CCCC[C@H]1NC(=O)c1ccc(CS(=O)(=O)Cc2ccc(Cl)cc2)o1. The van der Waals surface area contributed by atoms with Crippen LogP contribution in [0.5, 0.6) is 0 Å². The number of nitrogens with one attached hydrogen (secondary N) is 1. The highest BCUT2D eigenvalue weighted by atomic mass is 35.5. The molecule has 0 aliphatic heterocycles. The van der Waals surface area contributed by atoms with Gasteiger partial charge < -0.3 is 9.73 Å². The fourth-order valence-electron chi connectivity index (χ4n) is 3.45. The zero-order chi connectivity index (χ0) is 19.4. The van der Waals surface area contributed by atoms with E-state index in [0.717, 1.165) is 19.3 Å². The molecule has 1 heterocycles. The van der Waals surface area contributed by atoms with E-state index in [4.69, 9.17) is 16.0 Å². The molecule has 5 nitrogen and oxygen atoms in total. The van der Waals surface area contributed by atoms with Crippen molar-refractivity contribution in [3.63, 3.8) is 0 Å². The first-order valence-electron chi connectivity index (χ1n) is 9.17. The first kappa shape index (κ1) is 20.0. The van der Waals surface area contributed by atoms with Crippen LogP contribution in [0.1, 0.15) is 54.5 Å². The molecule has 1 aromatic heterocycles. The molecule has 0 saturated heterocycles. The van der Waals surface area contributed by atoms with Crippen molar-refractivity contribution in [1.29, 1.82) is 0 Å². The number of halogens is 1. The lowest BCUT2D eigenvalue weighted by Crippen LogP contribution is -2.40. The molecule has 1 aliphatic rings. The third-order valence-electron chi connectivity index (χ3n) is 4.98. The summed E-state index contributed by atoms with van der Waals surface area (Å²) in [6.45, 7) is 2.14. The summed E-state index contributed by atoms with van der Waals surface area (Å²) in [6, 6.07) is 9.93. The van der Waals surface area contributed by atoms with Gasteiger partial charge in [0.25, 0.3) is 5.91 Å². The van der Waals surface area contributed by atoms with Crippen LogP contribution in [0.15, 0.2) is 40.8 Å². The van der Waals surface area contributed by atoms with E-state index >= 15 is 0 Å². The summed E-state index contributed by atoms with van der Waals surface area (Å²) in [6.07, 6.45) is 4.39. The van der Waals surface area contributed by atoms with E-state index in [1.165, 1.54) is 12.5 Å². The molecule has 1 saturated carbocycles. The Balaban J connectivity index is 1.61. The standard InChI is InChI=1S/C20H24ClNO4S/c1-14-4-2-3-5-18(14)22-20(23)19-11-10-17(26-19)13-27(24,25)12-15-6-8-16(21)9-7-15/h6-11,14,18H,2-5,12-13H2,1H3,(H,22,23)/t14-,18-/m1/s1. The topological polar surface area (TPSA) is 76.4 Å². The van der Waals surface area contributed by atoms with Gasteiger partial charge in [-0.3, -0.25) is 4.79 Å². The molecule has 0 bridgehead atoms. The molecule has 1 N–H and O–H groups in total. The van der Waals surface area contributed by atoms with Crippen LogP contribution in [0.4, 0.5) is 0 Å². The van der Waals surface area contributed by atoms with Gasteiger partial charge in [-0.25, -0.2) is 8.42 Å². The zero-order valence-corrected chi connectivity index (χ0v) is 16.9. The predicted octanol–water partition coefficient (Wildman–Crippen LogP) is 4.36. The van der Waals surface area contributed by atoms with Gasteiger partial charge in [-0.1, -0.05) is 43.5 Å². The van der Waals surface area contributed by atoms with Crippen molar-refractivity contribution in [3.05, 3.63) is 58.5 Å². The number of amides is 1. The second-order valence-corrected chi connectivity index (χ2v) is 9.77.